The molecule has 4 nitrogen and oxygen atoms in total. The SMILES string of the molecule is CCCC1(CNS(=O)(=O)c2sc(Cl)nc2C)CC1. The van der Waals surface area contributed by atoms with Crippen LogP contribution in [0.5, 0.6) is 0 Å². The molecule has 0 spiro atoms. The quantitative estimate of drug-likeness (QED) is 0.879. The van der Waals surface area contributed by atoms with Crippen molar-refractivity contribution in [1.82, 2.24) is 9.71 Å². The highest BCUT2D eigenvalue weighted by molar-refractivity contribution is 7.91. The lowest BCUT2D eigenvalue weighted by atomic mass is 10.0. The van der Waals surface area contributed by atoms with Gasteiger partial charge >= 0.3 is 0 Å². The fourth-order valence-electron chi connectivity index (χ4n) is 2.14. The first-order valence-corrected chi connectivity index (χ1v) is 8.69. The van der Waals surface area contributed by atoms with E-state index < -0.39 is 10.0 Å². The zero-order valence-corrected chi connectivity index (χ0v) is 12.9. The average molecular weight is 309 g/mol. The van der Waals surface area contributed by atoms with Crippen LogP contribution in [0, 0.1) is 12.3 Å². The molecular weight excluding hydrogens is 292 g/mol. The van der Waals surface area contributed by atoms with Crippen LogP contribution in [0.25, 0.3) is 0 Å². The highest BCUT2D eigenvalue weighted by Gasteiger charge is 2.42. The first kappa shape index (κ1) is 14.2. The number of nitrogens with one attached hydrogen (secondary N) is 1. The zero-order chi connectivity index (χ0) is 13.4. The lowest BCUT2D eigenvalue weighted by Crippen LogP contribution is -2.30. The van der Waals surface area contributed by atoms with Gasteiger partial charge in [0.25, 0.3) is 10.0 Å². The average Bonchev–Trinajstić information content (AvgIpc) is 2.96. The number of rotatable bonds is 6. The summed E-state index contributed by atoms with van der Waals surface area (Å²) in [6, 6.07) is 0. The van der Waals surface area contributed by atoms with Gasteiger partial charge in [0.2, 0.25) is 0 Å². The molecule has 0 bridgehead atoms. The molecule has 102 valence electrons. The van der Waals surface area contributed by atoms with Gasteiger partial charge in [-0.2, -0.15) is 0 Å². The van der Waals surface area contributed by atoms with Crippen LogP contribution in [0.15, 0.2) is 4.21 Å². The van der Waals surface area contributed by atoms with Crippen molar-refractivity contribution in [3.8, 4) is 0 Å². The van der Waals surface area contributed by atoms with E-state index in [-0.39, 0.29) is 14.1 Å². The number of sulfonamides is 1. The second kappa shape index (κ2) is 5.07. The zero-order valence-electron chi connectivity index (χ0n) is 10.5. The van der Waals surface area contributed by atoms with E-state index in [2.05, 4.69) is 16.6 Å². The Labute approximate surface area is 117 Å². The second-order valence-corrected chi connectivity index (χ2v) is 8.46. The second-order valence-electron chi connectivity index (χ2n) is 4.91. The molecule has 1 fully saturated rings. The summed E-state index contributed by atoms with van der Waals surface area (Å²) in [4.78, 5) is 3.94. The fourth-order valence-corrected chi connectivity index (χ4v) is 5.07. The van der Waals surface area contributed by atoms with Crippen molar-refractivity contribution < 1.29 is 8.42 Å². The molecule has 1 aromatic rings. The van der Waals surface area contributed by atoms with Crippen molar-refractivity contribution in [2.24, 2.45) is 5.41 Å². The van der Waals surface area contributed by atoms with Gasteiger partial charge in [-0.3, -0.25) is 0 Å². The van der Waals surface area contributed by atoms with E-state index in [0.29, 0.717) is 12.2 Å². The van der Waals surface area contributed by atoms with E-state index in [1.54, 1.807) is 6.92 Å². The van der Waals surface area contributed by atoms with Gasteiger partial charge in [0.1, 0.15) is 0 Å². The number of thiazole rings is 1. The molecule has 0 unspecified atom stereocenters. The van der Waals surface area contributed by atoms with E-state index in [0.717, 1.165) is 37.0 Å². The maximum Gasteiger partial charge on any atom is 0.252 e. The van der Waals surface area contributed by atoms with Gasteiger partial charge in [0.15, 0.2) is 8.68 Å². The predicted octanol–water partition coefficient (Wildman–Crippen LogP) is 2.96. The Hall–Kier alpha value is -0.170. The summed E-state index contributed by atoms with van der Waals surface area (Å²) in [6.07, 6.45) is 4.41. The van der Waals surface area contributed by atoms with Crippen LogP contribution in [-0.2, 0) is 10.0 Å². The highest BCUT2D eigenvalue weighted by atomic mass is 35.5. The molecule has 7 heteroatoms. The van der Waals surface area contributed by atoms with E-state index in [4.69, 9.17) is 11.6 Å². The van der Waals surface area contributed by atoms with Gasteiger partial charge in [-0.05, 0) is 31.6 Å². The third-order valence-electron chi connectivity index (χ3n) is 3.35. The summed E-state index contributed by atoms with van der Waals surface area (Å²) in [5.41, 5.74) is 0.669. The van der Waals surface area contributed by atoms with Gasteiger partial charge in [-0.1, -0.05) is 36.3 Å². The molecule has 18 heavy (non-hydrogen) atoms. The first-order chi connectivity index (χ1) is 8.38. The molecule has 0 amide bonds. The van der Waals surface area contributed by atoms with Crippen molar-refractivity contribution in [1.29, 1.82) is 0 Å². The molecule has 2 rings (SSSR count). The minimum atomic E-state index is -3.46. The standard InChI is InChI=1S/C11H17ClN2O2S2/c1-3-4-11(5-6-11)7-13-18(15,16)9-8(2)14-10(12)17-9/h13H,3-7H2,1-2H3. The number of nitrogens with zero attached hydrogens (tertiary/aromatic N) is 1. The van der Waals surface area contributed by atoms with Crippen molar-refractivity contribution in [2.75, 3.05) is 6.54 Å². The normalized spacial score (nSPS) is 17.9. The summed E-state index contributed by atoms with van der Waals surface area (Å²) in [5, 5.41) is 0. The van der Waals surface area contributed by atoms with Crippen molar-refractivity contribution in [2.45, 2.75) is 43.7 Å². The predicted molar refractivity (Wildman–Crippen MR) is 73.6 cm³/mol. The molecule has 1 aliphatic rings. The van der Waals surface area contributed by atoms with Crippen molar-refractivity contribution >= 4 is 33.0 Å². The maximum absolute atomic E-state index is 12.1. The summed E-state index contributed by atoms with van der Waals surface area (Å²) < 4.78 is 27.5. The summed E-state index contributed by atoms with van der Waals surface area (Å²) in [5.74, 6) is 0. The molecule has 1 N–H and O–H groups in total. The smallest absolute Gasteiger partial charge is 0.229 e. The van der Waals surface area contributed by atoms with Crippen molar-refractivity contribution in [3.05, 3.63) is 10.2 Å². The topological polar surface area (TPSA) is 59.1 Å². The van der Waals surface area contributed by atoms with Crippen molar-refractivity contribution in [3.63, 3.8) is 0 Å². The van der Waals surface area contributed by atoms with Crippen LogP contribution in [0.1, 0.15) is 38.3 Å². The Morgan fingerprint density at radius 1 is 1.50 bits per heavy atom. The molecule has 1 aliphatic carbocycles. The van der Waals surface area contributed by atoms with Gasteiger partial charge in [-0.15, -0.1) is 0 Å². The van der Waals surface area contributed by atoms with E-state index in [1.165, 1.54) is 0 Å². The van der Waals surface area contributed by atoms with Crippen LogP contribution in [0.4, 0.5) is 0 Å². The Morgan fingerprint density at radius 3 is 2.61 bits per heavy atom. The molecule has 0 atom stereocenters. The molecule has 0 saturated heterocycles. The molecule has 1 saturated carbocycles. The summed E-state index contributed by atoms with van der Waals surface area (Å²) in [6.45, 7) is 4.32. The molecule has 0 radical (unpaired) electrons. The van der Waals surface area contributed by atoms with Crippen LogP contribution < -0.4 is 4.72 Å². The number of hydrogen-bond acceptors (Lipinski definition) is 4. The minimum Gasteiger partial charge on any atom is -0.229 e. The van der Waals surface area contributed by atoms with Crippen LogP contribution in [0.3, 0.4) is 0 Å². The minimum absolute atomic E-state index is 0.199. The lowest BCUT2D eigenvalue weighted by Gasteiger charge is -2.14. The Balaban J connectivity index is 2.06. The van der Waals surface area contributed by atoms with E-state index >= 15 is 0 Å². The highest BCUT2D eigenvalue weighted by Crippen LogP contribution is 2.49. The summed E-state index contributed by atoms with van der Waals surface area (Å²) in [7, 11) is -3.46. The van der Waals surface area contributed by atoms with Crippen LogP contribution in [0.2, 0.25) is 4.47 Å². The molecule has 0 aliphatic heterocycles. The van der Waals surface area contributed by atoms with Gasteiger partial charge in [-0.25, -0.2) is 18.1 Å². The van der Waals surface area contributed by atoms with Crippen LogP contribution in [-0.4, -0.2) is 19.9 Å². The monoisotopic (exact) mass is 308 g/mol. The number of hydrogen-bond donors (Lipinski definition) is 1. The Bertz CT molecular complexity index is 535. The number of aromatic nitrogens is 1. The molecular formula is C11H17ClN2O2S2. The first-order valence-electron chi connectivity index (χ1n) is 6.01. The van der Waals surface area contributed by atoms with Gasteiger partial charge in [0, 0.05) is 6.54 Å². The molecule has 0 aromatic carbocycles. The van der Waals surface area contributed by atoms with Crippen LogP contribution >= 0.6 is 22.9 Å². The molecule has 1 heterocycles. The molecule has 1 aromatic heterocycles. The fraction of sp³-hybridized carbons (Fsp3) is 0.727. The van der Waals surface area contributed by atoms with E-state index in [9.17, 15) is 8.42 Å². The van der Waals surface area contributed by atoms with E-state index in [1.807, 2.05) is 0 Å². The third kappa shape index (κ3) is 3.04. The Kier molecular flexibility index (Phi) is 4.02. The lowest BCUT2D eigenvalue weighted by molar-refractivity contribution is 0.449. The van der Waals surface area contributed by atoms with Gasteiger partial charge in [0.05, 0.1) is 5.69 Å². The number of aryl methyl sites for hydroxylation is 1. The summed E-state index contributed by atoms with van der Waals surface area (Å²) >= 11 is 6.75. The van der Waals surface area contributed by atoms with Gasteiger partial charge < -0.3 is 0 Å². The number of halogens is 1. The maximum atomic E-state index is 12.1. The third-order valence-corrected chi connectivity index (χ3v) is 6.62. The Morgan fingerprint density at radius 2 is 2.17 bits per heavy atom. The largest absolute Gasteiger partial charge is 0.252 e.